The first-order valence-corrected chi connectivity index (χ1v) is 7.78. The van der Waals surface area contributed by atoms with Gasteiger partial charge < -0.3 is 15.0 Å². The maximum absolute atomic E-state index is 12.4. The zero-order chi connectivity index (χ0) is 16.7. The molecule has 0 spiro atoms. The monoisotopic (exact) mass is 312 g/mol. The molecule has 4 heteroatoms. The van der Waals surface area contributed by atoms with E-state index >= 15 is 0 Å². The van der Waals surface area contributed by atoms with Crippen molar-refractivity contribution in [2.75, 3.05) is 34.3 Å². The van der Waals surface area contributed by atoms with Gasteiger partial charge in [-0.1, -0.05) is 36.4 Å². The quantitative estimate of drug-likeness (QED) is 0.799. The highest BCUT2D eigenvalue weighted by Crippen LogP contribution is 2.26. The van der Waals surface area contributed by atoms with Gasteiger partial charge in [0.2, 0.25) is 0 Å². The molecule has 0 aliphatic rings. The van der Waals surface area contributed by atoms with Crippen molar-refractivity contribution in [3.05, 3.63) is 54.1 Å². The van der Waals surface area contributed by atoms with E-state index in [4.69, 9.17) is 4.74 Å². The number of benzene rings is 2. The average Bonchev–Trinajstić information content (AvgIpc) is 2.58. The number of carbonyl (C=O) groups is 1. The van der Waals surface area contributed by atoms with Gasteiger partial charge in [0.05, 0.1) is 12.7 Å². The van der Waals surface area contributed by atoms with E-state index in [1.165, 1.54) is 0 Å². The zero-order valence-electron chi connectivity index (χ0n) is 14.0. The summed E-state index contributed by atoms with van der Waals surface area (Å²) >= 11 is 0. The summed E-state index contributed by atoms with van der Waals surface area (Å²) in [5.41, 5.74) is 2.65. The van der Waals surface area contributed by atoms with Crippen molar-refractivity contribution in [1.82, 2.24) is 10.2 Å². The van der Waals surface area contributed by atoms with Crippen molar-refractivity contribution in [2.24, 2.45) is 0 Å². The Morgan fingerprint density at radius 3 is 2.48 bits per heavy atom. The first-order chi connectivity index (χ1) is 11.1. The van der Waals surface area contributed by atoms with Crippen LogP contribution in [0.25, 0.3) is 11.1 Å². The van der Waals surface area contributed by atoms with Crippen LogP contribution in [0.1, 0.15) is 16.8 Å². The zero-order valence-corrected chi connectivity index (χ0v) is 14.0. The molecule has 2 aromatic carbocycles. The summed E-state index contributed by atoms with van der Waals surface area (Å²) in [5.74, 6) is 0.494. The Morgan fingerprint density at radius 2 is 1.83 bits per heavy atom. The van der Waals surface area contributed by atoms with Crippen LogP contribution in [-0.2, 0) is 0 Å². The Kier molecular flexibility index (Phi) is 6.18. The van der Waals surface area contributed by atoms with Crippen LogP contribution < -0.4 is 10.1 Å². The molecule has 0 atom stereocenters. The van der Waals surface area contributed by atoms with E-state index in [9.17, 15) is 4.79 Å². The minimum atomic E-state index is -0.0987. The van der Waals surface area contributed by atoms with Crippen LogP contribution >= 0.6 is 0 Å². The van der Waals surface area contributed by atoms with Crippen LogP contribution in [0.4, 0.5) is 0 Å². The highest BCUT2D eigenvalue weighted by Gasteiger charge is 2.13. The van der Waals surface area contributed by atoms with Gasteiger partial charge >= 0.3 is 0 Å². The summed E-state index contributed by atoms with van der Waals surface area (Å²) in [6, 6.07) is 15.7. The summed E-state index contributed by atoms with van der Waals surface area (Å²) in [7, 11) is 5.63. The Morgan fingerprint density at radius 1 is 1.09 bits per heavy atom. The number of amides is 1. The molecule has 0 fully saturated rings. The topological polar surface area (TPSA) is 41.6 Å². The van der Waals surface area contributed by atoms with E-state index in [2.05, 4.69) is 10.2 Å². The van der Waals surface area contributed by atoms with E-state index in [1.807, 2.05) is 62.6 Å². The van der Waals surface area contributed by atoms with Crippen molar-refractivity contribution >= 4 is 5.91 Å². The van der Waals surface area contributed by atoms with E-state index in [-0.39, 0.29) is 5.91 Å². The lowest BCUT2D eigenvalue weighted by Gasteiger charge is -2.13. The molecule has 23 heavy (non-hydrogen) atoms. The third-order valence-electron chi connectivity index (χ3n) is 3.62. The molecule has 4 nitrogen and oxygen atoms in total. The summed E-state index contributed by atoms with van der Waals surface area (Å²) in [4.78, 5) is 14.5. The van der Waals surface area contributed by atoms with Gasteiger partial charge in [0, 0.05) is 6.54 Å². The van der Waals surface area contributed by atoms with Crippen molar-refractivity contribution in [3.63, 3.8) is 0 Å². The highest BCUT2D eigenvalue weighted by molar-refractivity contribution is 5.98. The first kappa shape index (κ1) is 17.0. The second kappa shape index (κ2) is 8.34. The van der Waals surface area contributed by atoms with E-state index in [0.717, 1.165) is 24.1 Å². The van der Waals surface area contributed by atoms with Crippen LogP contribution in [-0.4, -0.2) is 45.1 Å². The largest absolute Gasteiger partial charge is 0.496 e. The molecule has 0 saturated heterocycles. The Balaban J connectivity index is 2.14. The molecule has 0 radical (unpaired) electrons. The summed E-state index contributed by atoms with van der Waals surface area (Å²) in [6.45, 7) is 1.59. The Hall–Kier alpha value is -2.33. The van der Waals surface area contributed by atoms with E-state index < -0.39 is 0 Å². The first-order valence-electron chi connectivity index (χ1n) is 7.78. The molecule has 0 aliphatic carbocycles. The average molecular weight is 312 g/mol. The molecule has 0 saturated carbocycles. The van der Waals surface area contributed by atoms with Gasteiger partial charge in [-0.25, -0.2) is 0 Å². The third-order valence-corrected chi connectivity index (χ3v) is 3.62. The van der Waals surface area contributed by atoms with E-state index in [1.54, 1.807) is 7.11 Å². The van der Waals surface area contributed by atoms with Crippen molar-refractivity contribution in [2.45, 2.75) is 6.42 Å². The number of carbonyl (C=O) groups excluding carboxylic acids is 1. The predicted octanol–water partition coefficient (Wildman–Crippen LogP) is 3.04. The molecule has 0 heterocycles. The van der Waals surface area contributed by atoms with Gasteiger partial charge in [0.25, 0.3) is 5.91 Å². The molecule has 2 aromatic rings. The van der Waals surface area contributed by atoms with Gasteiger partial charge in [0.1, 0.15) is 5.75 Å². The van der Waals surface area contributed by atoms with Gasteiger partial charge in [0.15, 0.2) is 0 Å². The van der Waals surface area contributed by atoms with Crippen molar-refractivity contribution < 1.29 is 9.53 Å². The number of ether oxygens (including phenoxy) is 1. The standard InChI is InChI=1S/C19H24N2O2/c1-21(2)13-7-12-20-19(22)17-14-16(10-11-18(17)23-3)15-8-5-4-6-9-15/h4-6,8-11,14H,7,12-13H2,1-3H3,(H,20,22). The number of methoxy groups -OCH3 is 1. The van der Waals surface area contributed by atoms with Gasteiger partial charge in [-0.2, -0.15) is 0 Å². The molecule has 2 rings (SSSR count). The highest BCUT2D eigenvalue weighted by atomic mass is 16.5. The number of hydrogen-bond acceptors (Lipinski definition) is 3. The fourth-order valence-corrected chi connectivity index (χ4v) is 2.39. The maximum atomic E-state index is 12.4. The Bertz CT molecular complexity index is 639. The molecular formula is C19H24N2O2. The van der Waals surface area contributed by atoms with Crippen molar-refractivity contribution in [3.8, 4) is 16.9 Å². The molecular weight excluding hydrogens is 288 g/mol. The summed E-state index contributed by atoms with van der Waals surface area (Å²) < 4.78 is 5.33. The van der Waals surface area contributed by atoms with Crippen LogP contribution in [0, 0.1) is 0 Å². The van der Waals surface area contributed by atoms with Crippen LogP contribution in [0.15, 0.2) is 48.5 Å². The molecule has 0 aromatic heterocycles. The minimum absolute atomic E-state index is 0.0987. The summed E-state index contributed by atoms with van der Waals surface area (Å²) in [5, 5.41) is 2.96. The van der Waals surface area contributed by atoms with Crippen LogP contribution in [0.2, 0.25) is 0 Å². The normalized spacial score (nSPS) is 10.6. The smallest absolute Gasteiger partial charge is 0.255 e. The third kappa shape index (κ3) is 4.83. The fourth-order valence-electron chi connectivity index (χ4n) is 2.39. The molecule has 0 unspecified atom stereocenters. The van der Waals surface area contributed by atoms with Crippen molar-refractivity contribution in [1.29, 1.82) is 0 Å². The maximum Gasteiger partial charge on any atom is 0.255 e. The lowest BCUT2D eigenvalue weighted by Crippen LogP contribution is -2.27. The second-order valence-electron chi connectivity index (χ2n) is 5.69. The summed E-state index contributed by atoms with van der Waals surface area (Å²) in [6.07, 6.45) is 0.916. The SMILES string of the molecule is COc1ccc(-c2ccccc2)cc1C(=O)NCCCN(C)C. The molecule has 1 N–H and O–H groups in total. The van der Waals surface area contributed by atoms with Gasteiger partial charge in [-0.15, -0.1) is 0 Å². The predicted molar refractivity (Wildman–Crippen MR) is 93.9 cm³/mol. The minimum Gasteiger partial charge on any atom is -0.496 e. The number of rotatable bonds is 7. The Labute approximate surface area is 138 Å². The van der Waals surface area contributed by atoms with Gasteiger partial charge in [-0.3, -0.25) is 4.79 Å². The molecule has 1 amide bonds. The van der Waals surface area contributed by atoms with Crippen LogP contribution in [0.5, 0.6) is 5.75 Å². The molecule has 0 aliphatic heterocycles. The van der Waals surface area contributed by atoms with Crippen LogP contribution in [0.3, 0.4) is 0 Å². The molecule has 0 bridgehead atoms. The lowest BCUT2D eigenvalue weighted by molar-refractivity contribution is 0.0949. The van der Waals surface area contributed by atoms with E-state index in [0.29, 0.717) is 17.9 Å². The second-order valence-corrected chi connectivity index (χ2v) is 5.69. The van der Waals surface area contributed by atoms with Gasteiger partial charge in [-0.05, 0) is 50.3 Å². The molecule has 122 valence electrons. The number of hydrogen-bond donors (Lipinski definition) is 1. The fraction of sp³-hybridized carbons (Fsp3) is 0.316. The number of nitrogens with zero attached hydrogens (tertiary/aromatic N) is 1. The number of nitrogens with one attached hydrogen (secondary N) is 1. The lowest BCUT2D eigenvalue weighted by atomic mass is 10.0.